The minimum atomic E-state index is 0.174. The van der Waals surface area contributed by atoms with E-state index < -0.39 is 0 Å². The van der Waals surface area contributed by atoms with Gasteiger partial charge in [-0.3, -0.25) is 0 Å². The topological polar surface area (TPSA) is 48.4 Å². The van der Waals surface area contributed by atoms with Gasteiger partial charge in [0, 0.05) is 18.7 Å². The number of para-hydroxylation sites is 1. The van der Waals surface area contributed by atoms with Gasteiger partial charge in [0.05, 0.1) is 19.0 Å². The molecule has 0 amide bonds. The maximum absolute atomic E-state index is 7.41. The molecule has 0 aliphatic carbocycles. The van der Waals surface area contributed by atoms with Crippen LogP contribution in [0.3, 0.4) is 0 Å². The number of ether oxygens (including phenoxy) is 1. The standard InChI is InChI=1S/C19H23N3O/c1-2-15(11-20)13-23-18-10-6-9-17-19(18)21-14-22(17)12-16-7-4-3-5-8-16/h3-11,15,20-21H,2,12-14H2,1H3. The highest BCUT2D eigenvalue weighted by Crippen LogP contribution is 2.39. The predicted molar refractivity (Wildman–Crippen MR) is 95.6 cm³/mol. The van der Waals surface area contributed by atoms with Crippen LogP contribution in [-0.2, 0) is 6.54 Å². The number of nitrogens with zero attached hydrogens (tertiary/aromatic N) is 1. The Bertz CT molecular complexity index is 657. The lowest BCUT2D eigenvalue weighted by Crippen LogP contribution is -2.21. The van der Waals surface area contributed by atoms with Gasteiger partial charge in [-0.2, -0.15) is 0 Å². The third kappa shape index (κ3) is 3.47. The van der Waals surface area contributed by atoms with Crippen molar-refractivity contribution in [1.82, 2.24) is 0 Å². The van der Waals surface area contributed by atoms with Gasteiger partial charge in [-0.15, -0.1) is 0 Å². The molecular weight excluding hydrogens is 286 g/mol. The molecule has 23 heavy (non-hydrogen) atoms. The van der Waals surface area contributed by atoms with Crippen molar-refractivity contribution in [3.05, 3.63) is 54.1 Å². The minimum absolute atomic E-state index is 0.174. The summed E-state index contributed by atoms with van der Waals surface area (Å²) >= 11 is 0. The highest BCUT2D eigenvalue weighted by molar-refractivity contribution is 5.80. The van der Waals surface area contributed by atoms with Gasteiger partial charge in [-0.05, 0) is 24.1 Å². The van der Waals surface area contributed by atoms with Crippen molar-refractivity contribution in [1.29, 1.82) is 5.41 Å². The number of nitrogens with one attached hydrogen (secondary N) is 2. The zero-order chi connectivity index (χ0) is 16.1. The SMILES string of the molecule is CCC(C=N)COc1cccc2c1NCN2Cc1ccccc1. The van der Waals surface area contributed by atoms with Crippen LogP contribution in [0.1, 0.15) is 18.9 Å². The second-order valence-electron chi connectivity index (χ2n) is 5.81. The van der Waals surface area contributed by atoms with E-state index in [0.717, 1.165) is 31.1 Å². The molecule has 0 bridgehead atoms. The van der Waals surface area contributed by atoms with E-state index in [9.17, 15) is 0 Å². The summed E-state index contributed by atoms with van der Waals surface area (Å²) in [5.74, 6) is 1.05. The van der Waals surface area contributed by atoms with Gasteiger partial charge in [0.25, 0.3) is 0 Å². The molecule has 1 aliphatic rings. The van der Waals surface area contributed by atoms with Crippen molar-refractivity contribution in [2.75, 3.05) is 23.5 Å². The van der Waals surface area contributed by atoms with Crippen LogP contribution < -0.4 is 15.0 Å². The Morgan fingerprint density at radius 2 is 2.04 bits per heavy atom. The summed E-state index contributed by atoms with van der Waals surface area (Å²) in [6.45, 7) is 4.29. The first kappa shape index (κ1) is 15.4. The van der Waals surface area contributed by atoms with E-state index >= 15 is 0 Å². The average molecular weight is 309 g/mol. The molecule has 1 atom stereocenters. The van der Waals surface area contributed by atoms with Gasteiger partial charge in [-0.25, -0.2) is 0 Å². The van der Waals surface area contributed by atoms with Gasteiger partial charge in [0.15, 0.2) is 0 Å². The van der Waals surface area contributed by atoms with Gasteiger partial charge >= 0.3 is 0 Å². The first-order valence-electron chi connectivity index (χ1n) is 8.11. The largest absolute Gasteiger partial charge is 0.491 e. The molecule has 0 saturated carbocycles. The third-order valence-corrected chi connectivity index (χ3v) is 4.22. The zero-order valence-corrected chi connectivity index (χ0v) is 13.5. The predicted octanol–water partition coefficient (Wildman–Crippen LogP) is 4.13. The normalized spacial score (nSPS) is 14.0. The van der Waals surface area contributed by atoms with Crippen molar-refractivity contribution in [2.24, 2.45) is 5.92 Å². The maximum Gasteiger partial charge on any atom is 0.144 e. The van der Waals surface area contributed by atoms with Crippen LogP contribution in [0.15, 0.2) is 48.5 Å². The molecule has 1 heterocycles. The summed E-state index contributed by atoms with van der Waals surface area (Å²) < 4.78 is 5.95. The number of fused-ring (bicyclic) bond motifs is 1. The average Bonchev–Trinajstić information content (AvgIpc) is 3.00. The highest BCUT2D eigenvalue weighted by atomic mass is 16.5. The number of hydrogen-bond donors (Lipinski definition) is 2. The van der Waals surface area contributed by atoms with E-state index in [1.165, 1.54) is 17.5 Å². The van der Waals surface area contributed by atoms with Crippen molar-refractivity contribution >= 4 is 17.6 Å². The number of hydrogen-bond acceptors (Lipinski definition) is 4. The van der Waals surface area contributed by atoms with Gasteiger partial charge in [-0.1, -0.05) is 43.3 Å². The molecule has 2 aromatic carbocycles. The monoisotopic (exact) mass is 309 g/mol. The summed E-state index contributed by atoms with van der Waals surface area (Å²) in [5.41, 5.74) is 3.53. The fourth-order valence-corrected chi connectivity index (χ4v) is 2.77. The first-order valence-corrected chi connectivity index (χ1v) is 8.11. The Kier molecular flexibility index (Phi) is 4.81. The van der Waals surface area contributed by atoms with Crippen molar-refractivity contribution in [3.63, 3.8) is 0 Å². The van der Waals surface area contributed by atoms with Crippen molar-refractivity contribution in [2.45, 2.75) is 19.9 Å². The fourth-order valence-electron chi connectivity index (χ4n) is 2.77. The molecule has 2 aromatic rings. The fraction of sp³-hybridized carbons (Fsp3) is 0.316. The molecule has 0 fully saturated rings. The Hall–Kier alpha value is -2.49. The lowest BCUT2D eigenvalue weighted by molar-refractivity contribution is 0.285. The van der Waals surface area contributed by atoms with Crippen LogP contribution in [0, 0.1) is 11.3 Å². The molecule has 1 unspecified atom stereocenters. The lowest BCUT2D eigenvalue weighted by atomic mass is 10.1. The van der Waals surface area contributed by atoms with Crippen LogP contribution in [0.4, 0.5) is 11.4 Å². The van der Waals surface area contributed by atoms with Gasteiger partial charge < -0.3 is 20.4 Å². The molecule has 1 aliphatic heterocycles. The lowest BCUT2D eigenvalue weighted by Gasteiger charge is -2.18. The Morgan fingerprint density at radius 3 is 2.78 bits per heavy atom. The number of rotatable bonds is 7. The second kappa shape index (κ2) is 7.18. The second-order valence-corrected chi connectivity index (χ2v) is 5.81. The van der Waals surface area contributed by atoms with E-state index in [1.54, 1.807) is 0 Å². The highest BCUT2D eigenvalue weighted by Gasteiger charge is 2.22. The van der Waals surface area contributed by atoms with Crippen LogP contribution >= 0.6 is 0 Å². The van der Waals surface area contributed by atoms with Crippen LogP contribution in [0.5, 0.6) is 5.75 Å². The van der Waals surface area contributed by atoms with Gasteiger partial charge in [0.1, 0.15) is 11.4 Å². The van der Waals surface area contributed by atoms with Crippen LogP contribution in [-0.4, -0.2) is 19.5 Å². The summed E-state index contributed by atoms with van der Waals surface area (Å²) in [6.07, 6.45) is 2.39. The quantitative estimate of drug-likeness (QED) is 0.756. The summed E-state index contributed by atoms with van der Waals surface area (Å²) in [4.78, 5) is 2.31. The molecule has 120 valence electrons. The van der Waals surface area contributed by atoms with Crippen LogP contribution in [0.25, 0.3) is 0 Å². The molecule has 0 spiro atoms. The van der Waals surface area contributed by atoms with E-state index in [4.69, 9.17) is 10.1 Å². The molecule has 3 rings (SSSR count). The molecule has 0 saturated heterocycles. The molecule has 4 heteroatoms. The molecule has 2 N–H and O–H groups in total. The molecule has 4 nitrogen and oxygen atoms in total. The molecule has 0 aromatic heterocycles. The summed E-state index contributed by atoms with van der Waals surface area (Å²) in [5, 5.41) is 10.8. The van der Waals surface area contributed by atoms with E-state index in [-0.39, 0.29) is 5.92 Å². The molecular formula is C19H23N3O. The Morgan fingerprint density at radius 1 is 1.22 bits per heavy atom. The summed E-state index contributed by atoms with van der Waals surface area (Å²) in [7, 11) is 0. The first-order chi connectivity index (χ1) is 11.3. The number of anilines is 2. The van der Waals surface area contributed by atoms with E-state index in [0.29, 0.717) is 6.61 Å². The van der Waals surface area contributed by atoms with Gasteiger partial charge in [0.2, 0.25) is 0 Å². The maximum atomic E-state index is 7.41. The minimum Gasteiger partial charge on any atom is -0.491 e. The smallest absolute Gasteiger partial charge is 0.144 e. The number of benzene rings is 2. The van der Waals surface area contributed by atoms with Crippen LogP contribution in [0.2, 0.25) is 0 Å². The van der Waals surface area contributed by atoms with E-state index in [2.05, 4.69) is 47.5 Å². The third-order valence-electron chi connectivity index (χ3n) is 4.22. The zero-order valence-electron chi connectivity index (χ0n) is 13.5. The van der Waals surface area contributed by atoms with Crippen molar-refractivity contribution in [3.8, 4) is 5.75 Å². The molecule has 0 radical (unpaired) electrons. The Labute approximate surface area is 137 Å². The summed E-state index contributed by atoms with van der Waals surface area (Å²) in [6, 6.07) is 16.6. The van der Waals surface area contributed by atoms with E-state index in [1.807, 2.05) is 18.2 Å². The van der Waals surface area contributed by atoms with Crippen molar-refractivity contribution < 1.29 is 4.74 Å². The Balaban J connectivity index is 1.73.